The van der Waals surface area contributed by atoms with E-state index in [1.807, 2.05) is 0 Å². The number of anilines is 3. The lowest BCUT2D eigenvalue weighted by Crippen LogP contribution is -2.19. The van der Waals surface area contributed by atoms with Gasteiger partial charge in [0, 0.05) is 34.6 Å². The average Bonchev–Trinajstić information content (AvgIpc) is 3.38. The van der Waals surface area contributed by atoms with Crippen molar-refractivity contribution in [2.45, 2.75) is 17.2 Å². The molecule has 3 N–H and O–H groups in total. The summed E-state index contributed by atoms with van der Waals surface area (Å²) in [5.41, 5.74) is -0.116. The van der Waals surface area contributed by atoms with E-state index in [9.17, 15) is 23.2 Å². The van der Waals surface area contributed by atoms with E-state index in [0.717, 1.165) is 13.0 Å². The van der Waals surface area contributed by atoms with Gasteiger partial charge in [-0.05, 0) is 48.0 Å². The van der Waals surface area contributed by atoms with Crippen LogP contribution in [-0.2, 0) is 9.59 Å². The van der Waals surface area contributed by atoms with Gasteiger partial charge in [0.2, 0.25) is 11.8 Å². The number of hydrogen-bond donors (Lipinski definition) is 3. The molecule has 3 aromatic rings. The van der Waals surface area contributed by atoms with Gasteiger partial charge >= 0.3 is 0 Å². The molecule has 1 fully saturated rings. The Morgan fingerprint density at radius 2 is 1.53 bits per heavy atom. The lowest BCUT2D eigenvalue weighted by molar-refractivity contribution is -0.117. The molecule has 13 heteroatoms. The third kappa shape index (κ3) is 6.00. The Morgan fingerprint density at radius 3 is 2.16 bits per heavy atom. The minimum Gasteiger partial charge on any atom is -0.326 e. The Labute approximate surface area is 240 Å². The minimum atomic E-state index is -1.42. The van der Waals surface area contributed by atoms with Crippen molar-refractivity contribution in [1.82, 2.24) is 0 Å². The van der Waals surface area contributed by atoms with Crippen LogP contribution in [0.1, 0.15) is 28.8 Å². The van der Waals surface area contributed by atoms with Crippen LogP contribution in [0.15, 0.2) is 48.5 Å². The van der Waals surface area contributed by atoms with Crippen molar-refractivity contribution >= 4 is 92.8 Å². The van der Waals surface area contributed by atoms with Crippen molar-refractivity contribution < 1.29 is 23.2 Å². The molecule has 38 heavy (non-hydrogen) atoms. The molecule has 0 bridgehead atoms. The number of carbonyl (C=O) groups excluding carboxylic acids is 3. The summed E-state index contributed by atoms with van der Waals surface area (Å²) in [6, 6.07) is 10.2. The van der Waals surface area contributed by atoms with Crippen molar-refractivity contribution in [2.75, 3.05) is 16.0 Å². The van der Waals surface area contributed by atoms with Crippen LogP contribution in [0.25, 0.3) is 0 Å². The van der Waals surface area contributed by atoms with Crippen LogP contribution in [0, 0.1) is 17.6 Å². The number of halogens is 7. The fraction of sp³-hybridized carbons (Fsp3) is 0.160. The van der Waals surface area contributed by atoms with Crippen LogP contribution in [0.2, 0.25) is 15.1 Å². The highest BCUT2D eigenvalue weighted by molar-refractivity contribution is 6.53. The molecule has 198 valence electrons. The molecule has 1 aliphatic rings. The highest BCUT2D eigenvalue weighted by Crippen LogP contribution is 2.65. The number of benzene rings is 3. The van der Waals surface area contributed by atoms with Crippen LogP contribution >= 0.6 is 58.0 Å². The molecule has 0 radical (unpaired) electrons. The van der Waals surface area contributed by atoms with Crippen molar-refractivity contribution in [3.05, 3.63) is 86.4 Å². The molecule has 2 unspecified atom stereocenters. The summed E-state index contributed by atoms with van der Waals surface area (Å²) in [6.07, 6.45) is 0. The maximum atomic E-state index is 14.2. The minimum absolute atomic E-state index is 0.0136. The molecule has 0 heterocycles. The van der Waals surface area contributed by atoms with E-state index in [1.54, 1.807) is 12.1 Å². The van der Waals surface area contributed by atoms with E-state index < -0.39 is 51.2 Å². The van der Waals surface area contributed by atoms with Crippen LogP contribution in [0.5, 0.6) is 0 Å². The van der Waals surface area contributed by atoms with Gasteiger partial charge < -0.3 is 16.0 Å². The molecule has 1 aliphatic carbocycles. The third-order valence-electron chi connectivity index (χ3n) is 5.66. The summed E-state index contributed by atoms with van der Waals surface area (Å²) in [7, 11) is 0. The third-order valence-corrected chi connectivity index (χ3v) is 7.37. The van der Waals surface area contributed by atoms with Crippen molar-refractivity contribution in [1.29, 1.82) is 0 Å². The predicted octanol–water partition coefficient (Wildman–Crippen LogP) is 7.66. The number of hydrogen-bond acceptors (Lipinski definition) is 3. The monoisotopic (exact) mass is 619 g/mol. The molecular formula is C25H16Cl5F2N3O3. The molecule has 3 amide bonds. The zero-order valence-electron chi connectivity index (χ0n) is 19.1. The van der Waals surface area contributed by atoms with Crippen molar-refractivity contribution in [2.24, 2.45) is 5.92 Å². The number of amides is 3. The molecule has 2 atom stereocenters. The Balaban J connectivity index is 1.55. The van der Waals surface area contributed by atoms with Crippen LogP contribution in [-0.4, -0.2) is 22.1 Å². The van der Waals surface area contributed by atoms with Gasteiger partial charge in [0.1, 0.15) is 15.8 Å². The SMILES string of the molecule is CC(=O)Nc1c(F)cc(F)cc1NC(=O)c1cc(NC(=O)C2C(c3cc(Cl)cc(Cl)c3)C2(Cl)Cl)ccc1Cl. The molecule has 3 aromatic carbocycles. The molecule has 6 nitrogen and oxygen atoms in total. The topological polar surface area (TPSA) is 87.3 Å². The van der Waals surface area contributed by atoms with E-state index in [1.165, 1.54) is 24.3 Å². The van der Waals surface area contributed by atoms with E-state index >= 15 is 0 Å². The van der Waals surface area contributed by atoms with Gasteiger partial charge in [0.25, 0.3) is 5.91 Å². The van der Waals surface area contributed by atoms with Crippen molar-refractivity contribution in [3.63, 3.8) is 0 Å². The second-order valence-electron chi connectivity index (χ2n) is 8.46. The summed E-state index contributed by atoms with van der Waals surface area (Å²) >= 11 is 31.1. The van der Waals surface area contributed by atoms with Crippen LogP contribution in [0.4, 0.5) is 25.8 Å². The summed E-state index contributed by atoms with van der Waals surface area (Å²) in [6.45, 7) is 1.12. The number of alkyl halides is 2. The average molecular weight is 622 g/mol. The van der Waals surface area contributed by atoms with E-state index in [4.69, 9.17) is 58.0 Å². The lowest BCUT2D eigenvalue weighted by Gasteiger charge is -2.14. The van der Waals surface area contributed by atoms with Crippen LogP contribution < -0.4 is 16.0 Å². The number of rotatable bonds is 6. The summed E-state index contributed by atoms with van der Waals surface area (Å²) < 4.78 is 26.6. The smallest absolute Gasteiger partial charge is 0.257 e. The number of carbonyl (C=O) groups is 3. The van der Waals surface area contributed by atoms with Gasteiger partial charge in [-0.25, -0.2) is 8.78 Å². The summed E-state index contributed by atoms with van der Waals surface area (Å²) in [5, 5.41) is 7.87. The first kappa shape index (κ1) is 28.4. The van der Waals surface area contributed by atoms with Gasteiger partial charge in [0.05, 0.1) is 22.2 Å². The maximum absolute atomic E-state index is 14.2. The highest BCUT2D eigenvalue weighted by atomic mass is 35.5. The normalized spacial score (nSPS) is 17.5. The van der Waals surface area contributed by atoms with Crippen LogP contribution in [0.3, 0.4) is 0 Å². The molecule has 0 saturated heterocycles. The zero-order chi connectivity index (χ0) is 27.9. The molecule has 0 aliphatic heterocycles. The predicted molar refractivity (Wildman–Crippen MR) is 146 cm³/mol. The van der Waals surface area contributed by atoms with Gasteiger partial charge in [-0.15, -0.1) is 23.2 Å². The zero-order valence-corrected chi connectivity index (χ0v) is 22.9. The second kappa shape index (κ2) is 10.9. The first-order valence-electron chi connectivity index (χ1n) is 10.8. The molecular weight excluding hydrogens is 606 g/mol. The summed E-state index contributed by atoms with van der Waals surface area (Å²) in [5.74, 6) is -5.55. The van der Waals surface area contributed by atoms with Gasteiger partial charge in [0.15, 0.2) is 5.82 Å². The Morgan fingerprint density at radius 1 is 0.868 bits per heavy atom. The highest BCUT2D eigenvalue weighted by Gasteiger charge is 2.67. The largest absolute Gasteiger partial charge is 0.326 e. The molecule has 0 aromatic heterocycles. The van der Waals surface area contributed by atoms with E-state index in [2.05, 4.69) is 16.0 Å². The Bertz CT molecular complexity index is 1460. The van der Waals surface area contributed by atoms with Gasteiger partial charge in [-0.2, -0.15) is 0 Å². The lowest BCUT2D eigenvalue weighted by atomic mass is 10.1. The molecule has 0 spiro atoms. The van der Waals surface area contributed by atoms with E-state index in [0.29, 0.717) is 21.7 Å². The van der Waals surface area contributed by atoms with Gasteiger partial charge in [-0.3, -0.25) is 14.4 Å². The molecule has 1 saturated carbocycles. The number of nitrogens with one attached hydrogen (secondary N) is 3. The first-order valence-corrected chi connectivity index (χ1v) is 12.7. The molecule has 4 rings (SSSR count). The summed E-state index contributed by atoms with van der Waals surface area (Å²) in [4.78, 5) is 37.4. The Hall–Kier alpha value is -2.62. The quantitative estimate of drug-likeness (QED) is 0.247. The van der Waals surface area contributed by atoms with Gasteiger partial charge in [-0.1, -0.05) is 34.8 Å². The Kier molecular flexibility index (Phi) is 8.12. The fourth-order valence-corrected chi connectivity index (χ4v) is 5.56. The standard InChI is InChI=1S/C25H16Cl5F2N3O3/c1-10(36)33-22-18(32)7-14(31)8-19(22)35-23(37)16-9-15(2-3-17(16)28)34-24(38)21-20(25(21,29)30)11-4-12(26)6-13(27)5-11/h2-9,20-21H,1H3,(H,33,36)(H,34,38)(H,35,37). The first-order chi connectivity index (χ1) is 17.8. The second-order valence-corrected chi connectivity index (χ2v) is 11.2. The van der Waals surface area contributed by atoms with E-state index in [-0.39, 0.29) is 22.0 Å². The van der Waals surface area contributed by atoms with Crippen molar-refractivity contribution in [3.8, 4) is 0 Å². The maximum Gasteiger partial charge on any atom is 0.257 e. The fourth-order valence-electron chi connectivity index (χ4n) is 3.98.